The molecule has 136 valence electrons. The van der Waals surface area contributed by atoms with Gasteiger partial charge in [0.05, 0.1) is 18.8 Å². The molecule has 0 aromatic carbocycles. The SMILES string of the molecule is Cn1nc(C(C)(C)C)cc1NC(=O)CN1CCCC1Cn1cncn1. The highest BCUT2D eigenvalue weighted by Gasteiger charge is 2.27. The Labute approximate surface area is 148 Å². The smallest absolute Gasteiger partial charge is 0.239 e. The predicted molar refractivity (Wildman–Crippen MR) is 95.2 cm³/mol. The molecule has 1 saturated heterocycles. The van der Waals surface area contributed by atoms with Gasteiger partial charge >= 0.3 is 0 Å². The molecule has 0 radical (unpaired) electrons. The topological polar surface area (TPSA) is 80.9 Å². The average Bonchev–Trinajstić information content (AvgIpc) is 3.23. The van der Waals surface area contributed by atoms with Crippen LogP contribution in [0, 0.1) is 0 Å². The average molecular weight is 345 g/mol. The van der Waals surface area contributed by atoms with Gasteiger partial charge in [-0.2, -0.15) is 10.2 Å². The van der Waals surface area contributed by atoms with Gasteiger partial charge in [0.2, 0.25) is 5.91 Å². The molecule has 0 saturated carbocycles. The third kappa shape index (κ3) is 4.25. The van der Waals surface area contributed by atoms with Gasteiger partial charge in [-0.25, -0.2) is 4.98 Å². The number of carbonyl (C=O) groups is 1. The predicted octanol–water partition coefficient (Wildman–Crippen LogP) is 1.41. The van der Waals surface area contributed by atoms with Crippen LogP contribution in [0.3, 0.4) is 0 Å². The van der Waals surface area contributed by atoms with Crippen molar-refractivity contribution in [2.24, 2.45) is 7.05 Å². The summed E-state index contributed by atoms with van der Waals surface area (Å²) < 4.78 is 3.56. The zero-order chi connectivity index (χ0) is 18.0. The molecular weight excluding hydrogens is 318 g/mol. The van der Waals surface area contributed by atoms with Gasteiger partial charge in [0.25, 0.3) is 0 Å². The Morgan fingerprint density at radius 3 is 2.84 bits per heavy atom. The Kier molecular flexibility index (Phi) is 4.89. The van der Waals surface area contributed by atoms with Crippen LogP contribution in [0.2, 0.25) is 0 Å². The quantitative estimate of drug-likeness (QED) is 0.886. The summed E-state index contributed by atoms with van der Waals surface area (Å²) in [6.07, 6.45) is 5.45. The number of rotatable bonds is 5. The first kappa shape index (κ1) is 17.6. The summed E-state index contributed by atoms with van der Waals surface area (Å²) in [5, 5.41) is 11.7. The van der Waals surface area contributed by atoms with Gasteiger partial charge in [-0.05, 0) is 19.4 Å². The lowest BCUT2D eigenvalue weighted by molar-refractivity contribution is -0.117. The molecule has 8 heteroatoms. The molecule has 0 aliphatic carbocycles. The Bertz CT molecular complexity index is 714. The van der Waals surface area contributed by atoms with E-state index < -0.39 is 0 Å². The van der Waals surface area contributed by atoms with Crippen molar-refractivity contribution >= 4 is 11.7 Å². The van der Waals surface area contributed by atoms with Crippen LogP contribution in [0.5, 0.6) is 0 Å². The van der Waals surface area contributed by atoms with Gasteiger partial charge in [-0.1, -0.05) is 20.8 Å². The van der Waals surface area contributed by atoms with E-state index in [-0.39, 0.29) is 11.3 Å². The van der Waals surface area contributed by atoms with Crippen LogP contribution in [0.15, 0.2) is 18.7 Å². The maximum atomic E-state index is 12.5. The summed E-state index contributed by atoms with van der Waals surface area (Å²) in [4.78, 5) is 18.7. The summed E-state index contributed by atoms with van der Waals surface area (Å²) in [6, 6.07) is 2.28. The molecular formula is C17H27N7O. The van der Waals surface area contributed by atoms with E-state index in [0.717, 1.165) is 37.4 Å². The fraction of sp³-hybridized carbons (Fsp3) is 0.647. The number of amides is 1. The van der Waals surface area contributed by atoms with E-state index in [0.29, 0.717) is 12.6 Å². The van der Waals surface area contributed by atoms with Crippen LogP contribution < -0.4 is 5.32 Å². The van der Waals surface area contributed by atoms with Gasteiger partial charge < -0.3 is 5.32 Å². The molecule has 2 aromatic heterocycles. The molecule has 3 rings (SSSR count). The van der Waals surface area contributed by atoms with Gasteiger partial charge in [0, 0.05) is 24.6 Å². The second kappa shape index (κ2) is 6.95. The minimum Gasteiger partial charge on any atom is -0.310 e. The number of anilines is 1. The van der Waals surface area contributed by atoms with E-state index >= 15 is 0 Å². The third-order valence-electron chi connectivity index (χ3n) is 4.63. The van der Waals surface area contributed by atoms with Gasteiger partial charge in [-0.3, -0.25) is 19.1 Å². The third-order valence-corrected chi connectivity index (χ3v) is 4.63. The molecule has 1 atom stereocenters. The molecule has 0 bridgehead atoms. The Morgan fingerprint density at radius 1 is 1.40 bits per heavy atom. The van der Waals surface area contributed by atoms with Crippen molar-refractivity contribution in [3.63, 3.8) is 0 Å². The summed E-state index contributed by atoms with van der Waals surface area (Å²) in [5.41, 5.74) is 0.925. The molecule has 25 heavy (non-hydrogen) atoms. The molecule has 1 aliphatic heterocycles. The van der Waals surface area contributed by atoms with Gasteiger partial charge in [-0.15, -0.1) is 0 Å². The number of aromatic nitrogens is 5. The molecule has 8 nitrogen and oxygen atoms in total. The lowest BCUT2D eigenvalue weighted by Gasteiger charge is -2.23. The van der Waals surface area contributed by atoms with E-state index in [2.05, 4.69) is 46.2 Å². The van der Waals surface area contributed by atoms with Crippen molar-refractivity contribution < 1.29 is 4.79 Å². The highest BCUT2D eigenvalue weighted by molar-refractivity contribution is 5.91. The largest absolute Gasteiger partial charge is 0.310 e. The van der Waals surface area contributed by atoms with Crippen molar-refractivity contribution in [2.75, 3.05) is 18.4 Å². The highest BCUT2D eigenvalue weighted by Crippen LogP contribution is 2.23. The lowest BCUT2D eigenvalue weighted by Crippen LogP contribution is -2.39. The van der Waals surface area contributed by atoms with Crippen LogP contribution >= 0.6 is 0 Å². The Morgan fingerprint density at radius 2 is 2.20 bits per heavy atom. The number of hydrogen-bond acceptors (Lipinski definition) is 5. The first-order chi connectivity index (χ1) is 11.8. The maximum Gasteiger partial charge on any atom is 0.239 e. The van der Waals surface area contributed by atoms with Gasteiger partial charge in [0.1, 0.15) is 18.5 Å². The normalized spacial score (nSPS) is 18.6. The van der Waals surface area contributed by atoms with Crippen LogP contribution in [0.1, 0.15) is 39.3 Å². The molecule has 1 unspecified atom stereocenters. The first-order valence-corrected chi connectivity index (χ1v) is 8.74. The molecule has 1 fully saturated rings. The minimum atomic E-state index is -0.0431. The van der Waals surface area contributed by atoms with Crippen LogP contribution in [-0.2, 0) is 23.8 Å². The molecule has 3 heterocycles. The van der Waals surface area contributed by atoms with Crippen LogP contribution in [0.25, 0.3) is 0 Å². The lowest BCUT2D eigenvalue weighted by atomic mass is 9.92. The van der Waals surface area contributed by atoms with E-state index in [1.807, 2.05) is 17.8 Å². The number of aryl methyl sites for hydroxylation is 1. The number of carbonyl (C=O) groups excluding carboxylic acids is 1. The van der Waals surface area contributed by atoms with Gasteiger partial charge in [0.15, 0.2) is 0 Å². The first-order valence-electron chi connectivity index (χ1n) is 8.74. The van der Waals surface area contributed by atoms with Crippen molar-refractivity contribution in [1.29, 1.82) is 0 Å². The van der Waals surface area contributed by atoms with E-state index in [4.69, 9.17) is 0 Å². The van der Waals surface area contributed by atoms with Crippen molar-refractivity contribution in [1.82, 2.24) is 29.4 Å². The molecule has 0 spiro atoms. The summed E-state index contributed by atoms with van der Waals surface area (Å²) in [7, 11) is 1.86. The maximum absolute atomic E-state index is 12.5. The highest BCUT2D eigenvalue weighted by atomic mass is 16.2. The summed E-state index contributed by atoms with van der Waals surface area (Å²) >= 11 is 0. The second-order valence-electron chi connectivity index (χ2n) is 7.72. The zero-order valence-corrected chi connectivity index (χ0v) is 15.4. The van der Waals surface area contributed by atoms with Crippen molar-refractivity contribution in [3.05, 3.63) is 24.4 Å². The molecule has 1 amide bonds. The fourth-order valence-corrected chi connectivity index (χ4v) is 3.17. The van der Waals surface area contributed by atoms with Crippen molar-refractivity contribution in [2.45, 2.75) is 51.6 Å². The van der Waals surface area contributed by atoms with E-state index in [9.17, 15) is 4.79 Å². The zero-order valence-electron chi connectivity index (χ0n) is 15.4. The molecule has 2 aromatic rings. The Hall–Kier alpha value is -2.22. The number of hydrogen-bond donors (Lipinski definition) is 1. The molecule has 1 N–H and O–H groups in total. The van der Waals surface area contributed by atoms with E-state index in [1.165, 1.54) is 0 Å². The monoisotopic (exact) mass is 345 g/mol. The number of likely N-dealkylation sites (tertiary alicyclic amines) is 1. The standard InChI is InChI=1S/C17H27N7O/c1-17(2,3)14-8-15(22(4)21-14)20-16(25)10-23-7-5-6-13(23)9-24-12-18-11-19-24/h8,11-13H,5-7,9-10H2,1-4H3,(H,20,25). The van der Waals surface area contributed by atoms with Crippen molar-refractivity contribution in [3.8, 4) is 0 Å². The van der Waals surface area contributed by atoms with Crippen LogP contribution in [-0.4, -0.2) is 54.5 Å². The van der Waals surface area contributed by atoms with Crippen LogP contribution in [0.4, 0.5) is 5.82 Å². The second-order valence-corrected chi connectivity index (χ2v) is 7.72. The van der Waals surface area contributed by atoms with E-state index in [1.54, 1.807) is 17.3 Å². The summed E-state index contributed by atoms with van der Waals surface area (Å²) in [5.74, 6) is 0.732. The fourth-order valence-electron chi connectivity index (χ4n) is 3.17. The minimum absolute atomic E-state index is 0.00560. The Balaban J connectivity index is 1.59. The number of nitrogens with zero attached hydrogens (tertiary/aromatic N) is 6. The molecule has 1 aliphatic rings. The number of nitrogens with one attached hydrogen (secondary N) is 1. The summed E-state index contributed by atoms with van der Waals surface area (Å²) in [6.45, 7) is 8.42.